The molecule has 2 aromatic heterocycles. The summed E-state index contributed by atoms with van der Waals surface area (Å²) in [6.07, 6.45) is 3.73. The van der Waals surface area contributed by atoms with E-state index in [-0.39, 0.29) is 11.9 Å². The Kier molecular flexibility index (Phi) is 5.52. The van der Waals surface area contributed by atoms with Gasteiger partial charge in [0.05, 0.1) is 17.5 Å². The number of aromatic nitrogens is 3. The zero-order valence-corrected chi connectivity index (χ0v) is 17.2. The molecule has 1 atom stereocenters. The predicted molar refractivity (Wildman–Crippen MR) is 110 cm³/mol. The number of thiophene rings is 1. The number of aryl methyl sites for hydroxylation is 1. The van der Waals surface area contributed by atoms with Gasteiger partial charge in [0.25, 0.3) is 0 Å². The second kappa shape index (κ2) is 8.04. The topological polar surface area (TPSA) is 51.0 Å². The number of carbonyl (C=O) groups excluding carboxylic acids is 1. The van der Waals surface area contributed by atoms with E-state index in [1.807, 2.05) is 34.6 Å². The van der Waals surface area contributed by atoms with E-state index in [1.54, 1.807) is 17.7 Å². The molecule has 1 aliphatic rings. The molecule has 0 radical (unpaired) electrons. The van der Waals surface area contributed by atoms with Gasteiger partial charge in [-0.1, -0.05) is 29.4 Å². The first-order valence-corrected chi connectivity index (χ1v) is 11.0. The summed E-state index contributed by atoms with van der Waals surface area (Å²) in [6, 6.07) is 8.15. The molecular weight excluding hydrogens is 400 g/mol. The van der Waals surface area contributed by atoms with Crippen LogP contribution < -0.4 is 0 Å². The summed E-state index contributed by atoms with van der Waals surface area (Å²) in [5, 5.41) is 13.8. The molecule has 0 bridgehead atoms. The van der Waals surface area contributed by atoms with Crippen LogP contribution in [0.25, 0.3) is 5.69 Å². The van der Waals surface area contributed by atoms with Gasteiger partial charge in [0.1, 0.15) is 6.33 Å². The Morgan fingerprint density at radius 2 is 2.30 bits per heavy atom. The van der Waals surface area contributed by atoms with Crippen molar-refractivity contribution in [2.24, 2.45) is 0 Å². The van der Waals surface area contributed by atoms with Gasteiger partial charge in [-0.2, -0.15) is 11.3 Å². The minimum atomic E-state index is 0.144. The van der Waals surface area contributed by atoms with Gasteiger partial charge in [-0.3, -0.25) is 9.36 Å². The Bertz CT molecular complexity index is 941. The average molecular weight is 419 g/mol. The molecule has 0 N–H and O–H groups in total. The highest BCUT2D eigenvalue weighted by Gasteiger charge is 2.30. The van der Waals surface area contributed by atoms with Gasteiger partial charge < -0.3 is 4.90 Å². The number of carbonyl (C=O) groups is 1. The third-order valence-corrected chi connectivity index (χ3v) is 6.81. The van der Waals surface area contributed by atoms with E-state index < -0.39 is 0 Å². The van der Waals surface area contributed by atoms with E-state index >= 15 is 0 Å². The fraction of sp³-hybridized carbons (Fsp3) is 0.316. The number of amides is 1. The first-order valence-electron chi connectivity index (χ1n) is 8.74. The standard InChI is InChI=1S/C19H19ClN4OS2/c1-13-4-5-15(9-16(13)20)24-12-21-22-19(24)27-11-18(25)23-7-2-3-17(23)14-6-8-26-10-14/h4-6,8-10,12,17H,2-3,7,11H2,1H3. The normalized spacial score (nSPS) is 16.8. The first-order chi connectivity index (χ1) is 13.1. The van der Waals surface area contributed by atoms with Crippen molar-refractivity contribution in [3.05, 3.63) is 57.5 Å². The van der Waals surface area contributed by atoms with Crippen LogP contribution in [-0.2, 0) is 4.79 Å². The smallest absolute Gasteiger partial charge is 0.233 e. The van der Waals surface area contributed by atoms with Crippen LogP contribution in [0.5, 0.6) is 0 Å². The molecule has 1 aromatic carbocycles. The lowest BCUT2D eigenvalue weighted by atomic mass is 10.1. The molecule has 3 heterocycles. The quantitative estimate of drug-likeness (QED) is 0.561. The molecular formula is C19H19ClN4OS2. The van der Waals surface area contributed by atoms with Crippen molar-refractivity contribution in [3.63, 3.8) is 0 Å². The highest BCUT2D eigenvalue weighted by atomic mass is 35.5. The van der Waals surface area contributed by atoms with Crippen molar-refractivity contribution in [2.75, 3.05) is 12.3 Å². The summed E-state index contributed by atoms with van der Waals surface area (Å²) < 4.78 is 1.86. The van der Waals surface area contributed by atoms with Gasteiger partial charge in [0.2, 0.25) is 5.91 Å². The highest BCUT2D eigenvalue weighted by molar-refractivity contribution is 7.99. The lowest BCUT2D eigenvalue weighted by Crippen LogP contribution is -2.31. The van der Waals surface area contributed by atoms with E-state index in [9.17, 15) is 4.79 Å². The zero-order chi connectivity index (χ0) is 18.8. The molecule has 1 unspecified atom stereocenters. The summed E-state index contributed by atoms with van der Waals surface area (Å²) >= 11 is 9.33. The van der Waals surface area contributed by atoms with Crippen molar-refractivity contribution in [3.8, 4) is 5.69 Å². The maximum Gasteiger partial charge on any atom is 0.233 e. The number of nitrogens with zero attached hydrogens (tertiary/aromatic N) is 4. The average Bonchev–Trinajstić information content (AvgIpc) is 3.41. The Balaban J connectivity index is 1.46. The van der Waals surface area contributed by atoms with Crippen LogP contribution >= 0.6 is 34.7 Å². The van der Waals surface area contributed by atoms with E-state index in [1.165, 1.54) is 17.3 Å². The molecule has 1 fully saturated rings. The van der Waals surface area contributed by atoms with Crippen molar-refractivity contribution in [1.82, 2.24) is 19.7 Å². The van der Waals surface area contributed by atoms with Crippen LogP contribution in [0, 0.1) is 6.92 Å². The van der Waals surface area contributed by atoms with Gasteiger partial charge in [0.15, 0.2) is 5.16 Å². The Labute approximate surface area is 171 Å². The van der Waals surface area contributed by atoms with Gasteiger partial charge in [-0.05, 0) is 59.9 Å². The molecule has 4 rings (SSSR count). The summed E-state index contributed by atoms with van der Waals surface area (Å²) in [4.78, 5) is 14.8. The highest BCUT2D eigenvalue weighted by Crippen LogP contribution is 2.34. The summed E-state index contributed by atoms with van der Waals surface area (Å²) in [5.41, 5.74) is 3.16. The summed E-state index contributed by atoms with van der Waals surface area (Å²) in [7, 11) is 0. The van der Waals surface area contributed by atoms with Gasteiger partial charge in [-0.15, -0.1) is 10.2 Å². The van der Waals surface area contributed by atoms with Gasteiger partial charge >= 0.3 is 0 Å². The minimum Gasteiger partial charge on any atom is -0.335 e. The van der Waals surface area contributed by atoms with E-state index in [4.69, 9.17) is 11.6 Å². The maximum atomic E-state index is 12.8. The number of hydrogen-bond donors (Lipinski definition) is 0. The number of rotatable bonds is 5. The van der Waals surface area contributed by atoms with Crippen LogP contribution in [0.4, 0.5) is 0 Å². The van der Waals surface area contributed by atoms with Crippen molar-refractivity contribution >= 4 is 40.6 Å². The number of benzene rings is 1. The Hall–Kier alpha value is -1.83. The van der Waals surface area contributed by atoms with E-state index in [0.29, 0.717) is 15.9 Å². The molecule has 0 saturated carbocycles. The SMILES string of the molecule is Cc1ccc(-n2cnnc2SCC(=O)N2CCCC2c2ccsc2)cc1Cl. The third kappa shape index (κ3) is 3.90. The van der Waals surface area contributed by atoms with Crippen molar-refractivity contribution in [1.29, 1.82) is 0 Å². The van der Waals surface area contributed by atoms with Crippen LogP contribution in [-0.4, -0.2) is 37.9 Å². The molecule has 1 amide bonds. The first kappa shape index (κ1) is 18.5. The van der Waals surface area contributed by atoms with Crippen molar-refractivity contribution in [2.45, 2.75) is 31.0 Å². The predicted octanol–water partition coefficient (Wildman–Crippen LogP) is 4.75. The monoisotopic (exact) mass is 418 g/mol. The van der Waals surface area contributed by atoms with Gasteiger partial charge in [0, 0.05) is 11.6 Å². The molecule has 27 heavy (non-hydrogen) atoms. The molecule has 3 aromatic rings. The fourth-order valence-corrected chi connectivity index (χ4v) is 5.01. The molecule has 0 aliphatic carbocycles. The molecule has 1 saturated heterocycles. The summed E-state index contributed by atoms with van der Waals surface area (Å²) in [5.74, 6) is 0.490. The largest absolute Gasteiger partial charge is 0.335 e. The number of thioether (sulfide) groups is 1. The lowest BCUT2D eigenvalue weighted by Gasteiger charge is -2.24. The van der Waals surface area contributed by atoms with Crippen LogP contribution in [0.2, 0.25) is 5.02 Å². The molecule has 0 spiro atoms. The number of halogens is 1. The molecule has 140 valence electrons. The molecule has 5 nitrogen and oxygen atoms in total. The second-order valence-corrected chi connectivity index (χ2v) is 8.64. The third-order valence-electron chi connectivity index (χ3n) is 4.78. The molecule has 1 aliphatic heterocycles. The number of hydrogen-bond acceptors (Lipinski definition) is 5. The van der Waals surface area contributed by atoms with E-state index in [0.717, 1.165) is 30.6 Å². The van der Waals surface area contributed by atoms with Crippen LogP contribution in [0.1, 0.15) is 30.0 Å². The van der Waals surface area contributed by atoms with Crippen LogP contribution in [0.15, 0.2) is 46.5 Å². The van der Waals surface area contributed by atoms with E-state index in [2.05, 4.69) is 27.0 Å². The summed E-state index contributed by atoms with van der Waals surface area (Å²) in [6.45, 7) is 2.78. The lowest BCUT2D eigenvalue weighted by molar-refractivity contribution is -0.129. The number of likely N-dealkylation sites (tertiary alicyclic amines) is 1. The second-order valence-electron chi connectivity index (χ2n) is 6.51. The maximum absolute atomic E-state index is 12.8. The van der Waals surface area contributed by atoms with Gasteiger partial charge in [-0.25, -0.2) is 0 Å². The molecule has 8 heteroatoms. The minimum absolute atomic E-state index is 0.144. The Morgan fingerprint density at radius 3 is 3.07 bits per heavy atom. The van der Waals surface area contributed by atoms with Crippen molar-refractivity contribution < 1.29 is 4.79 Å². The van der Waals surface area contributed by atoms with Crippen LogP contribution in [0.3, 0.4) is 0 Å². The Morgan fingerprint density at radius 1 is 1.41 bits per heavy atom. The zero-order valence-electron chi connectivity index (χ0n) is 14.8. The fourth-order valence-electron chi connectivity index (χ4n) is 3.32.